The van der Waals surface area contributed by atoms with Crippen molar-refractivity contribution in [3.8, 4) is 11.6 Å². The van der Waals surface area contributed by atoms with Gasteiger partial charge in [-0.3, -0.25) is 24.5 Å². The molecular formula is C21H17N7O4S. The number of pyridine rings is 1. The Balaban J connectivity index is 1.61. The Bertz CT molecular complexity index is 1300. The lowest BCUT2D eigenvalue weighted by atomic mass is 10.2. The van der Waals surface area contributed by atoms with Gasteiger partial charge in [0.25, 0.3) is 11.6 Å². The summed E-state index contributed by atoms with van der Waals surface area (Å²) in [6, 6.07) is 11.0. The van der Waals surface area contributed by atoms with E-state index >= 15 is 0 Å². The molecule has 0 radical (unpaired) electrons. The van der Waals surface area contributed by atoms with Gasteiger partial charge in [0.05, 0.1) is 17.4 Å². The number of furan rings is 1. The van der Waals surface area contributed by atoms with Crippen LogP contribution in [0.15, 0.2) is 80.7 Å². The maximum absolute atomic E-state index is 12.2. The van der Waals surface area contributed by atoms with Crippen LogP contribution < -0.4 is 5.43 Å². The van der Waals surface area contributed by atoms with Gasteiger partial charge in [0.15, 0.2) is 16.7 Å². The highest BCUT2D eigenvalue weighted by Crippen LogP contribution is 2.33. The predicted octanol–water partition coefficient (Wildman–Crippen LogP) is 3.78. The number of nitro groups is 1. The van der Waals surface area contributed by atoms with Crippen LogP contribution in [0.1, 0.15) is 22.8 Å². The molecule has 3 heterocycles. The van der Waals surface area contributed by atoms with E-state index in [0.29, 0.717) is 39.3 Å². The minimum absolute atomic E-state index is 0.102. The highest BCUT2D eigenvalue weighted by Gasteiger charge is 2.18. The fourth-order valence-corrected chi connectivity index (χ4v) is 3.88. The highest BCUT2D eigenvalue weighted by atomic mass is 32.2. The molecule has 1 N–H and O–H groups in total. The second-order valence-electron chi connectivity index (χ2n) is 6.54. The van der Waals surface area contributed by atoms with Crippen molar-refractivity contribution in [2.24, 2.45) is 5.10 Å². The topological polar surface area (TPSA) is 141 Å². The molecule has 1 amide bonds. The summed E-state index contributed by atoms with van der Waals surface area (Å²) in [5.74, 6) is 0.731. The number of non-ortho nitro benzene ring substituents is 1. The van der Waals surface area contributed by atoms with Crippen LogP contribution in [0.25, 0.3) is 11.6 Å². The molecule has 3 aromatic heterocycles. The van der Waals surface area contributed by atoms with Gasteiger partial charge in [-0.2, -0.15) is 5.10 Å². The van der Waals surface area contributed by atoms with Crippen LogP contribution in [-0.2, 0) is 6.54 Å². The molecule has 0 spiro atoms. The third-order valence-corrected chi connectivity index (χ3v) is 5.57. The first-order valence-electron chi connectivity index (χ1n) is 9.73. The summed E-state index contributed by atoms with van der Waals surface area (Å²) < 4.78 is 7.30. The van der Waals surface area contributed by atoms with Crippen LogP contribution in [0.4, 0.5) is 5.69 Å². The molecular weight excluding hydrogens is 446 g/mol. The molecule has 12 heteroatoms. The zero-order valence-electron chi connectivity index (χ0n) is 17.3. The molecule has 0 aliphatic heterocycles. The minimum atomic E-state index is -0.495. The highest BCUT2D eigenvalue weighted by molar-refractivity contribution is 7.99. The van der Waals surface area contributed by atoms with Crippen molar-refractivity contribution in [3.63, 3.8) is 0 Å². The van der Waals surface area contributed by atoms with Gasteiger partial charge in [0.2, 0.25) is 0 Å². The van der Waals surface area contributed by atoms with E-state index in [2.05, 4.69) is 25.7 Å². The molecule has 1 aromatic carbocycles. The summed E-state index contributed by atoms with van der Waals surface area (Å²) in [5, 5.41) is 24.3. The SMILES string of the molecule is CCn1c(Sc2ccc([N+](=O)[O-])cc2/C=N\NC(=O)c2ccncc2)nnc1-c1ccco1. The lowest BCUT2D eigenvalue weighted by Gasteiger charge is -2.08. The normalized spacial score (nSPS) is 11.1. The van der Waals surface area contributed by atoms with E-state index in [1.807, 2.05) is 11.5 Å². The van der Waals surface area contributed by atoms with Gasteiger partial charge in [0.1, 0.15) is 0 Å². The number of hydrogen-bond donors (Lipinski definition) is 1. The fourth-order valence-electron chi connectivity index (χ4n) is 2.91. The van der Waals surface area contributed by atoms with Crippen molar-refractivity contribution < 1.29 is 14.1 Å². The van der Waals surface area contributed by atoms with Gasteiger partial charge in [-0.15, -0.1) is 10.2 Å². The van der Waals surface area contributed by atoms with Gasteiger partial charge in [-0.1, -0.05) is 0 Å². The predicted molar refractivity (Wildman–Crippen MR) is 120 cm³/mol. The molecule has 166 valence electrons. The van der Waals surface area contributed by atoms with Crippen molar-refractivity contribution in [3.05, 3.63) is 82.4 Å². The number of carbonyl (C=O) groups is 1. The molecule has 0 saturated heterocycles. The Labute approximate surface area is 191 Å². The third kappa shape index (κ3) is 4.96. The average molecular weight is 463 g/mol. The molecule has 0 unspecified atom stereocenters. The molecule has 33 heavy (non-hydrogen) atoms. The number of benzene rings is 1. The summed E-state index contributed by atoms with van der Waals surface area (Å²) in [6.45, 7) is 2.54. The van der Waals surface area contributed by atoms with Crippen LogP contribution in [-0.4, -0.2) is 36.8 Å². The van der Waals surface area contributed by atoms with Crippen molar-refractivity contribution >= 4 is 29.6 Å². The van der Waals surface area contributed by atoms with E-state index in [1.54, 1.807) is 36.6 Å². The molecule has 0 bridgehead atoms. The van der Waals surface area contributed by atoms with Crippen molar-refractivity contribution in [2.75, 3.05) is 0 Å². The quantitative estimate of drug-likeness (QED) is 0.236. The fraction of sp³-hybridized carbons (Fsp3) is 0.0952. The largest absolute Gasteiger partial charge is 0.461 e. The second-order valence-corrected chi connectivity index (χ2v) is 7.55. The van der Waals surface area contributed by atoms with E-state index in [-0.39, 0.29) is 5.69 Å². The van der Waals surface area contributed by atoms with Crippen LogP contribution in [0, 0.1) is 10.1 Å². The third-order valence-electron chi connectivity index (χ3n) is 4.49. The summed E-state index contributed by atoms with van der Waals surface area (Å²) in [5.41, 5.74) is 3.13. The lowest BCUT2D eigenvalue weighted by Crippen LogP contribution is -2.17. The zero-order chi connectivity index (χ0) is 23.2. The average Bonchev–Trinajstić information content (AvgIpc) is 3.50. The lowest BCUT2D eigenvalue weighted by molar-refractivity contribution is -0.384. The van der Waals surface area contributed by atoms with Crippen LogP contribution in [0.3, 0.4) is 0 Å². The summed E-state index contributed by atoms with van der Waals surface area (Å²) in [6.07, 6.45) is 5.90. The number of nitrogens with one attached hydrogen (secondary N) is 1. The molecule has 0 aliphatic rings. The summed E-state index contributed by atoms with van der Waals surface area (Å²) >= 11 is 1.27. The maximum atomic E-state index is 12.2. The van der Waals surface area contributed by atoms with Gasteiger partial charge in [-0.25, -0.2) is 5.43 Å². The van der Waals surface area contributed by atoms with Crippen molar-refractivity contribution in [1.82, 2.24) is 25.2 Å². The molecule has 0 fully saturated rings. The van der Waals surface area contributed by atoms with E-state index in [9.17, 15) is 14.9 Å². The monoisotopic (exact) mass is 463 g/mol. The Kier molecular flexibility index (Phi) is 6.55. The second kappa shape index (κ2) is 9.87. The first-order chi connectivity index (χ1) is 16.1. The standard InChI is InChI=1S/C21H17N7O4S/c1-2-27-19(17-4-3-11-32-17)24-26-21(27)33-18-6-5-16(28(30)31)12-15(18)13-23-25-20(29)14-7-9-22-10-8-14/h3-13H,2H2,1H3,(H,25,29)/b23-13-. The Morgan fingerprint density at radius 3 is 2.79 bits per heavy atom. The number of nitrogens with zero attached hydrogens (tertiary/aromatic N) is 6. The molecule has 0 aliphatic carbocycles. The van der Waals surface area contributed by atoms with E-state index < -0.39 is 10.8 Å². The van der Waals surface area contributed by atoms with E-state index in [0.717, 1.165) is 0 Å². The molecule has 11 nitrogen and oxygen atoms in total. The molecule has 0 atom stereocenters. The number of hydrogen-bond acceptors (Lipinski definition) is 9. The Morgan fingerprint density at radius 2 is 2.09 bits per heavy atom. The molecule has 4 rings (SSSR count). The number of aromatic nitrogens is 4. The van der Waals surface area contributed by atoms with E-state index in [4.69, 9.17) is 4.42 Å². The Hall–Kier alpha value is -4.32. The van der Waals surface area contributed by atoms with Gasteiger partial charge < -0.3 is 4.42 Å². The zero-order valence-corrected chi connectivity index (χ0v) is 18.1. The molecule has 4 aromatic rings. The Morgan fingerprint density at radius 1 is 1.27 bits per heavy atom. The smallest absolute Gasteiger partial charge is 0.271 e. The number of nitro benzene ring substituents is 1. The number of hydrazone groups is 1. The maximum Gasteiger partial charge on any atom is 0.271 e. The molecule has 0 saturated carbocycles. The minimum Gasteiger partial charge on any atom is -0.461 e. The number of carbonyl (C=O) groups excluding carboxylic acids is 1. The summed E-state index contributed by atoms with van der Waals surface area (Å²) in [4.78, 5) is 27.5. The van der Waals surface area contributed by atoms with Gasteiger partial charge >= 0.3 is 0 Å². The van der Waals surface area contributed by atoms with Gasteiger partial charge in [0, 0.05) is 47.1 Å². The van der Waals surface area contributed by atoms with Crippen LogP contribution in [0.2, 0.25) is 0 Å². The van der Waals surface area contributed by atoms with E-state index in [1.165, 1.54) is 42.5 Å². The first-order valence-corrected chi connectivity index (χ1v) is 10.5. The number of rotatable bonds is 8. The number of amides is 1. The van der Waals surface area contributed by atoms with Crippen molar-refractivity contribution in [1.29, 1.82) is 0 Å². The van der Waals surface area contributed by atoms with Crippen LogP contribution in [0.5, 0.6) is 0 Å². The van der Waals surface area contributed by atoms with Gasteiger partial charge in [-0.05, 0) is 49.0 Å². The first kappa shape index (κ1) is 21.9. The summed E-state index contributed by atoms with van der Waals surface area (Å²) in [7, 11) is 0. The van der Waals surface area contributed by atoms with Crippen LogP contribution >= 0.6 is 11.8 Å². The van der Waals surface area contributed by atoms with Crippen molar-refractivity contribution in [2.45, 2.75) is 23.5 Å².